The molecule has 1 unspecified atom stereocenters. The molecule has 0 aliphatic rings. The van der Waals surface area contributed by atoms with Gasteiger partial charge in [-0.1, -0.05) is 18.5 Å². The third kappa shape index (κ3) is 5.21. The summed E-state index contributed by atoms with van der Waals surface area (Å²) in [5.41, 5.74) is 0. The summed E-state index contributed by atoms with van der Waals surface area (Å²) in [7, 11) is 1.61. The lowest BCUT2D eigenvalue weighted by Gasteiger charge is -2.19. The maximum atomic E-state index is 12.9. The molecular formula is C13H19ClFNO2. The van der Waals surface area contributed by atoms with Crippen molar-refractivity contribution in [2.45, 2.75) is 19.4 Å². The van der Waals surface area contributed by atoms with E-state index in [1.54, 1.807) is 7.11 Å². The molecule has 0 aliphatic heterocycles. The molecule has 0 radical (unpaired) electrons. The van der Waals surface area contributed by atoms with Crippen LogP contribution in [0.15, 0.2) is 18.2 Å². The molecule has 0 spiro atoms. The SMILES string of the molecule is CCCNCC(COC)Oc1ccc(F)cc1Cl. The van der Waals surface area contributed by atoms with E-state index in [9.17, 15) is 4.39 Å². The predicted molar refractivity (Wildman–Crippen MR) is 70.9 cm³/mol. The van der Waals surface area contributed by atoms with Crippen molar-refractivity contribution in [3.8, 4) is 5.75 Å². The van der Waals surface area contributed by atoms with Crippen LogP contribution in [-0.4, -0.2) is 32.9 Å². The Morgan fingerprint density at radius 2 is 2.22 bits per heavy atom. The predicted octanol–water partition coefficient (Wildman–Crippen LogP) is 2.87. The smallest absolute Gasteiger partial charge is 0.138 e. The Morgan fingerprint density at radius 3 is 2.83 bits per heavy atom. The van der Waals surface area contributed by atoms with Crippen LogP contribution in [0, 0.1) is 5.82 Å². The minimum absolute atomic E-state index is 0.149. The van der Waals surface area contributed by atoms with Crippen molar-refractivity contribution in [1.82, 2.24) is 5.32 Å². The Balaban J connectivity index is 2.58. The number of hydrogen-bond donors (Lipinski definition) is 1. The van der Waals surface area contributed by atoms with E-state index in [4.69, 9.17) is 21.1 Å². The quantitative estimate of drug-likeness (QED) is 0.740. The molecule has 0 heterocycles. The average molecular weight is 276 g/mol. The number of methoxy groups -OCH3 is 1. The van der Waals surface area contributed by atoms with Gasteiger partial charge in [-0.3, -0.25) is 0 Å². The van der Waals surface area contributed by atoms with Gasteiger partial charge in [-0.25, -0.2) is 4.39 Å². The van der Waals surface area contributed by atoms with Crippen LogP contribution in [0.4, 0.5) is 4.39 Å². The Kier molecular flexibility index (Phi) is 7.01. The Bertz CT molecular complexity index is 363. The van der Waals surface area contributed by atoms with Crippen LogP contribution in [0.3, 0.4) is 0 Å². The highest BCUT2D eigenvalue weighted by atomic mass is 35.5. The summed E-state index contributed by atoms with van der Waals surface area (Å²) in [6.45, 7) is 4.12. The van der Waals surface area contributed by atoms with E-state index in [0.717, 1.165) is 13.0 Å². The van der Waals surface area contributed by atoms with E-state index < -0.39 is 0 Å². The second-order valence-corrected chi connectivity index (χ2v) is 4.38. The normalized spacial score (nSPS) is 12.4. The molecule has 0 saturated heterocycles. The molecule has 0 bridgehead atoms. The van der Waals surface area contributed by atoms with Gasteiger partial charge in [0, 0.05) is 13.7 Å². The van der Waals surface area contributed by atoms with Crippen LogP contribution in [0.2, 0.25) is 5.02 Å². The van der Waals surface area contributed by atoms with Gasteiger partial charge in [-0.05, 0) is 31.2 Å². The molecule has 18 heavy (non-hydrogen) atoms. The molecule has 0 saturated carbocycles. The fraction of sp³-hybridized carbons (Fsp3) is 0.538. The first-order valence-corrected chi connectivity index (χ1v) is 6.36. The number of ether oxygens (including phenoxy) is 2. The van der Waals surface area contributed by atoms with E-state index in [0.29, 0.717) is 18.9 Å². The number of rotatable bonds is 8. The summed E-state index contributed by atoms with van der Waals surface area (Å²) in [6.07, 6.45) is 0.904. The molecule has 0 fully saturated rings. The fourth-order valence-electron chi connectivity index (χ4n) is 1.51. The third-order valence-electron chi connectivity index (χ3n) is 2.34. The molecule has 1 atom stereocenters. The van der Waals surface area contributed by atoms with Gasteiger partial charge >= 0.3 is 0 Å². The van der Waals surface area contributed by atoms with Gasteiger partial charge in [0.25, 0.3) is 0 Å². The lowest BCUT2D eigenvalue weighted by molar-refractivity contribution is 0.0807. The monoisotopic (exact) mass is 275 g/mol. The van der Waals surface area contributed by atoms with Crippen molar-refractivity contribution >= 4 is 11.6 Å². The van der Waals surface area contributed by atoms with Crippen molar-refractivity contribution in [3.63, 3.8) is 0 Å². The second-order valence-electron chi connectivity index (χ2n) is 3.97. The topological polar surface area (TPSA) is 30.5 Å². The van der Waals surface area contributed by atoms with E-state index in [1.165, 1.54) is 18.2 Å². The number of benzene rings is 1. The minimum Gasteiger partial charge on any atom is -0.485 e. The lowest BCUT2D eigenvalue weighted by atomic mass is 10.3. The molecule has 1 aromatic rings. The first-order chi connectivity index (χ1) is 8.67. The molecule has 102 valence electrons. The van der Waals surface area contributed by atoms with Crippen LogP contribution >= 0.6 is 11.6 Å². The van der Waals surface area contributed by atoms with Crippen LogP contribution < -0.4 is 10.1 Å². The van der Waals surface area contributed by atoms with E-state index in [2.05, 4.69) is 12.2 Å². The number of hydrogen-bond acceptors (Lipinski definition) is 3. The van der Waals surface area contributed by atoms with E-state index in [-0.39, 0.29) is 16.9 Å². The van der Waals surface area contributed by atoms with E-state index >= 15 is 0 Å². The van der Waals surface area contributed by atoms with Crippen molar-refractivity contribution in [2.24, 2.45) is 0 Å². The average Bonchev–Trinajstić information content (AvgIpc) is 2.33. The van der Waals surface area contributed by atoms with Gasteiger partial charge in [0.15, 0.2) is 0 Å². The Hall–Kier alpha value is -0.840. The Morgan fingerprint density at radius 1 is 1.44 bits per heavy atom. The zero-order valence-electron chi connectivity index (χ0n) is 10.7. The first-order valence-electron chi connectivity index (χ1n) is 5.98. The summed E-state index contributed by atoms with van der Waals surface area (Å²) in [6, 6.07) is 4.09. The molecule has 5 heteroatoms. The first kappa shape index (κ1) is 15.2. The molecule has 0 amide bonds. The molecule has 0 aliphatic carbocycles. The van der Waals surface area contributed by atoms with Crippen molar-refractivity contribution in [1.29, 1.82) is 0 Å². The summed E-state index contributed by atoms with van der Waals surface area (Å²) < 4.78 is 23.7. The summed E-state index contributed by atoms with van der Waals surface area (Å²) in [5.74, 6) is 0.0955. The van der Waals surface area contributed by atoms with Crippen LogP contribution in [0.25, 0.3) is 0 Å². The van der Waals surface area contributed by atoms with Crippen molar-refractivity contribution < 1.29 is 13.9 Å². The molecule has 0 aromatic heterocycles. The van der Waals surface area contributed by atoms with Crippen molar-refractivity contribution in [3.05, 3.63) is 29.0 Å². The largest absolute Gasteiger partial charge is 0.485 e. The summed E-state index contributed by atoms with van der Waals surface area (Å²) in [5, 5.41) is 3.52. The van der Waals surface area contributed by atoms with Crippen LogP contribution in [0.1, 0.15) is 13.3 Å². The standard InChI is InChI=1S/C13H19ClFNO2/c1-3-6-16-8-11(9-17-2)18-13-5-4-10(15)7-12(13)14/h4-5,7,11,16H,3,6,8-9H2,1-2H3. The van der Waals surface area contributed by atoms with Gasteiger partial charge in [-0.2, -0.15) is 0 Å². The molecule has 3 nitrogen and oxygen atoms in total. The molecule has 1 rings (SSSR count). The van der Waals surface area contributed by atoms with E-state index in [1.807, 2.05) is 0 Å². The number of nitrogens with one attached hydrogen (secondary N) is 1. The summed E-state index contributed by atoms with van der Waals surface area (Å²) in [4.78, 5) is 0. The van der Waals surface area contributed by atoms with Gasteiger partial charge in [0.1, 0.15) is 17.7 Å². The highest BCUT2D eigenvalue weighted by Gasteiger charge is 2.12. The zero-order valence-corrected chi connectivity index (χ0v) is 11.5. The molecule has 1 aromatic carbocycles. The fourth-order valence-corrected chi connectivity index (χ4v) is 1.72. The van der Waals surface area contributed by atoms with Gasteiger partial charge in [0.2, 0.25) is 0 Å². The minimum atomic E-state index is -0.375. The molecule has 1 N–H and O–H groups in total. The third-order valence-corrected chi connectivity index (χ3v) is 2.63. The Labute approximate surface area is 112 Å². The lowest BCUT2D eigenvalue weighted by Crippen LogP contribution is -2.35. The van der Waals surface area contributed by atoms with Crippen LogP contribution in [-0.2, 0) is 4.74 Å². The maximum Gasteiger partial charge on any atom is 0.138 e. The second kappa shape index (κ2) is 8.29. The zero-order chi connectivity index (χ0) is 13.4. The van der Waals surface area contributed by atoms with Gasteiger partial charge in [-0.15, -0.1) is 0 Å². The number of halogens is 2. The van der Waals surface area contributed by atoms with Crippen molar-refractivity contribution in [2.75, 3.05) is 26.8 Å². The van der Waals surface area contributed by atoms with Gasteiger partial charge < -0.3 is 14.8 Å². The van der Waals surface area contributed by atoms with Crippen LogP contribution in [0.5, 0.6) is 5.75 Å². The summed E-state index contributed by atoms with van der Waals surface area (Å²) >= 11 is 5.91. The highest BCUT2D eigenvalue weighted by molar-refractivity contribution is 6.32. The van der Waals surface area contributed by atoms with Gasteiger partial charge in [0.05, 0.1) is 11.6 Å². The maximum absolute atomic E-state index is 12.9. The molecular weight excluding hydrogens is 257 g/mol. The highest BCUT2D eigenvalue weighted by Crippen LogP contribution is 2.25.